The van der Waals surface area contributed by atoms with Crippen LogP contribution in [0.4, 0.5) is 15.8 Å². The Labute approximate surface area is 102 Å². The molecule has 1 aromatic carbocycles. The molecule has 3 nitrogen and oxygen atoms in total. The van der Waals surface area contributed by atoms with Crippen LogP contribution in [0.25, 0.3) is 0 Å². The zero-order valence-electron chi connectivity index (χ0n) is 10.6. The van der Waals surface area contributed by atoms with E-state index in [2.05, 4.69) is 19.2 Å². The fraction of sp³-hybridized carbons (Fsp3) is 0.538. The lowest BCUT2D eigenvalue weighted by atomic mass is 9.94. The number of nitrogen functional groups attached to an aromatic ring is 1. The largest absolute Gasteiger partial charge is 0.397 e. The molecule has 0 radical (unpaired) electrons. The van der Waals surface area contributed by atoms with Gasteiger partial charge in [-0.2, -0.15) is 0 Å². The summed E-state index contributed by atoms with van der Waals surface area (Å²) in [6, 6.07) is 4.19. The predicted molar refractivity (Wildman–Crippen MR) is 69.4 cm³/mol. The first-order valence-electron chi connectivity index (χ1n) is 5.81. The van der Waals surface area contributed by atoms with Crippen molar-refractivity contribution >= 4 is 11.4 Å². The summed E-state index contributed by atoms with van der Waals surface area (Å²) in [4.78, 5) is 0. The number of nitrogens with one attached hydrogen (secondary N) is 1. The van der Waals surface area contributed by atoms with Crippen molar-refractivity contribution in [2.75, 3.05) is 17.6 Å². The van der Waals surface area contributed by atoms with Crippen molar-refractivity contribution in [3.8, 4) is 0 Å². The van der Waals surface area contributed by atoms with Crippen molar-refractivity contribution in [2.24, 2.45) is 5.92 Å². The number of hydrogen-bond donors (Lipinski definition) is 3. The molecule has 0 bridgehead atoms. The first-order chi connectivity index (χ1) is 7.80. The SMILES string of the molecule is CC(C)CC(C)(O)CNc1ccc(F)cc1N. The molecule has 1 atom stereocenters. The van der Waals surface area contributed by atoms with Crippen LogP contribution in [0.2, 0.25) is 0 Å². The number of benzene rings is 1. The quantitative estimate of drug-likeness (QED) is 0.693. The Hall–Kier alpha value is -1.29. The molecule has 96 valence electrons. The number of halogens is 1. The zero-order valence-corrected chi connectivity index (χ0v) is 10.6. The van der Waals surface area contributed by atoms with Gasteiger partial charge >= 0.3 is 0 Å². The predicted octanol–water partition coefficient (Wildman–Crippen LogP) is 2.62. The molecular weight excluding hydrogens is 219 g/mol. The summed E-state index contributed by atoms with van der Waals surface area (Å²) in [5, 5.41) is 13.2. The second-order valence-electron chi connectivity index (χ2n) is 5.18. The van der Waals surface area contributed by atoms with Crippen LogP contribution in [0.1, 0.15) is 27.2 Å². The molecular formula is C13H21FN2O. The molecule has 1 aromatic rings. The minimum absolute atomic E-state index is 0.352. The van der Waals surface area contributed by atoms with Crippen LogP contribution in [-0.4, -0.2) is 17.3 Å². The summed E-state index contributed by atoms with van der Waals surface area (Å²) in [6.07, 6.45) is 0.696. The molecule has 0 heterocycles. The smallest absolute Gasteiger partial charge is 0.125 e. The first-order valence-corrected chi connectivity index (χ1v) is 5.81. The second-order valence-corrected chi connectivity index (χ2v) is 5.18. The molecule has 0 spiro atoms. The number of anilines is 2. The van der Waals surface area contributed by atoms with Crippen LogP contribution >= 0.6 is 0 Å². The number of nitrogens with two attached hydrogens (primary N) is 1. The van der Waals surface area contributed by atoms with E-state index in [9.17, 15) is 9.50 Å². The monoisotopic (exact) mass is 240 g/mol. The number of rotatable bonds is 5. The molecule has 0 saturated carbocycles. The van der Waals surface area contributed by atoms with Crippen LogP contribution in [-0.2, 0) is 0 Å². The van der Waals surface area contributed by atoms with Crippen LogP contribution in [0.5, 0.6) is 0 Å². The number of hydrogen-bond acceptors (Lipinski definition) is 3. The molecule has 4 heteroatoms. The molecule has 1 unspecified atom stereocenters. The highest BCUT2D eigenvalue weighted by molar-refractivity contribution is 5.65. The summed E-state index contributed by atoms with van der Waals surface area (Å²) in [5.41, 5.74) is 5.87. The molecule has 0 saturated heterocycles. The highest BCUT2D eigenvalue weighted by atomic mass is 19.1. The lowest BCUT2D eigenvalue weighted by Gasteiger charge is -2.26. The molecule has 0 fully saturated rings. The zero-order chi connectivity index (χ0) is 13.1. The summed E-state index contributed by atoms with van der Waals surface area (Å²) >= 11 is 0. The standard InChI is InChI=1S/C13H21FN2O/c1-9(2)7-13(3,17)8-16-12-5-4-10(14)6-11(12)15/h4-6,9,16-17H,7-8,15H2,1-3H3. The van der Waals surface area contributed by atoms with E-state index in [0.29, 0.717) is 30.3 Å². The van der Waals surface area contributed by atoms with Crippen molar-refractivity contribution in [1.29, 1.82) is 0 Å². The maximum Gasteiger partial charge on any atom is 0.125 e. The molecule has 0 aliphatic carbocycles. The Morgan fingerprint density at radius 3 is 2.65 bits per heavy atom. The van der Waals surface area contributed by atoms with Crippen LogP contribution in [0.3, 0.4) is 0 Å². The average Bonchev–Trinajstić information content (AvgIpc) is 2.14. The molecule has 0 aliphatic rings. The lowest BCUT2D eigenvalue weighted by Crippen LogP contribution is -2.35. The van der Waals surface area contributed by atoms with E-state index in [1.807, 2.05) is 0 Å². The van der Waals surface area contributed by atoms with E-state index in [1.54, 1.807) is 13.0 Å². The van der Waals surface area contributed by atoms with Crippen LogP contribution in [0, 0.1) is 11.7 Å². The third kappa shape index (κ3) is 4.61. The second kappa shape index (κ2) is 5.36. The van der Waals surface area contributed by atoms with Gasteiger partial charge in [-0.1, -0.05) is 13.8 Å². The molecule has 1 rings (SSSR count). The van der Waals surface area contributed by atoms with Gasteiger partial charge in [0.1, 0.15) is 5.82 Å². The summed E-state index contributed by atoms with van der Waals surface area (Å²) in [5.74, 6) is 0.0550. The first kappa shape index (κ1) is 13.8. The van der Waals surface area contributed by atoms with Crippen LogP contribution < -0.4 is 11.1 Å². The van der Waals surface area contributed by atoms with Crippen molar-refractivity contribution < 1.29 is 9.50 Å². The van der Waals surface area contributed by atoms with E-state index in [-0.39, 0.29) is 5.82 Å². The average molecular weight is 240 g/mol. The van der Waals surface area contributed by atoms with Gasteiger partial charge in [0.25, 0.3) is 0 Å². The number of aliphatic hydroxyl groups is 1. The molecule has 17 heavy (non-hydrogen) atoms. The lowest BCUT2D eigenvalue weighted by molar-refractivity contribution is 0.0516. The minimum atomic E-state index is -0.797. The van der Waals surface area contributed by atoms with Gasteiger partial charge in [-0.05, 0) is 37.5 Å². The maximum absolute atomic E-state index is 12.8. The minimum Gasteiger partial charge on any atom is -0.397 e. The van der Waals surface area contributed by atoms with E-state index in [4.69, 9.17) is 5.73 Å². The van der Waals surface area contributed by atoms with E-state index in [0.717, 1.165) is 0 Å². The molecule has 0 aliphatic heterocycles. The van der Waals surface area contributed by atoms with E-state index in [1.165, 1.54) is 12.1 Å². The third-order valence-electron chi connectivity index (χ3n) is 2.52. The van der Waals surface area contributed by atoms with Crippen molar-refractivity contribution in [2.45, 2.75) is 32.8 Å². The van der Waals surface area contributed by atoms with Gasteiger partial charge < -0.3 is 16.2 Å². The Bertz CT molecular complexity index is 378. The normalized spacial score (nSPS) is 14.7. The summed E-state index contributed by atoms with van der Waals surface area (Å²) < 4.78 is 12.8. The third-order valence-corrected chi connectivity index (χ3v) is 2.52. The Morgan fingerprint density at radius 1 is 1.47 bits per heavy atom. The van der Waals surface area contributed by atoms with Gasteiger partial charge in [-0.3, -0.25) is 0 Å². The van der Waals surface area contributed by atoms with Gasteiger partial charge in [0.2, 0.25) is 0 Å². The Kier molecular flexibility index (Phi) is 4.34. The fourth-order valence-corrected chi connectivity index (χ4v) is 1.93. The highest BCUT2D eigenvalue weighted by Gasteiger charge is 2.21. The van der Waals surface area contributed by atoms with Crippen LogP contribution in [0.15, 0.2) is 18.2 Å². The summed E-state index contributed by atoms with van der Waals surface area (Å²) in [6.45, 7) is 6.28. The molecule has 0 aromatic heterocycles. The topological polar surface area (TPSA) is 58.3 Å². The van der Waals surface area contributed by atoms with Gasteiger partial charge in [0.05, 0.1) is 17.0 Å². The van der Waals surface area contributed by atoms with Crippen molar-refractivity contribution in [3.63, 3.8) is 0 Å². The Morgan fingerprint density at radius 2 is 2.12 bits per heavy atom. The van der Waals surface area contributed by atoms with E-state index < -0.39 is 5.60 Å². The summed E-state index contributed by atoms with van der Waals surface area (Å²) in [7, 11) is 0. The van der Waals surface area contributed by atoms with E-state index >= 15 is 0 Å². The molecule has 0 amide bonds. The maximum atomic E-state index is 12.8. The highest BCUT2D eigenvalue weighted by Crippen LogP contribution is 2.22. The van der Waals surface area contributed by atoms with Crippen molar-refractivity contribution in [3.05, 3.63) is 24.0 Å². The van der Waals surface area contributed by atoms with Gasteiger partial charge in [-0.15, -0.1) is 0 Å². The van der Waals surface area contributed by atoms with Gasteiger partial charge in [-0.25, -0.2) is 4.39 Å². The van der Waals surface area contributed by atoms with Gasteiger partial charge in [0, 0.05) is 6.54 Å². The van der Waals surface area contributed by atoms with Crippen molar-refractivity contribution in [1.82, 2.24) is 0 Å². The van der Waals surface area contributed by atoms with Gasteiger partial charge in [0.15, 0.2) is 0 Å². The fourth-order valence-electron chi connectivity index (χ4n) is 1.93. The Balaban J connectivity index is 2.61. The molecule has 4 N–H and O–H groups in total.